The van der Waals surface area contributed by atoms with Crippen molar-refractivity contribution in [2.45, 2.75) is 20.3 Å². The van der Waals surface area contributed by atoms with Gasteiger partial charge in [-0.1, -0.05) is 13.5 Å². The SMILES string of the molecule is C=C(C)N=C/C(=C\N)CC. The first-order valence-corrected chi connectivity index (χ1v) is 3.31. The van der Waals surface area contributed by atoms with Gasteiger partial charge in [-0.15, -0.1) is 0 Å². The van der Waals surface area contributed by atoms with Crippen molar-refractivity contribution < 1.29 is 0 Å². The van der Waals surface area contributed by atoms with E-state index in [1.54, 1.807) is 12.4 Å². The van der Waals surface area contributed by atoms with Crippen LogP contribution in [0.4, 0.5) is 0 Å². The molecule has 2 heteroatoms. The Bertz CT molecular complexity index is 166. The second-order valence-electron chi connectivity index (χ2n) is 2.09. The van der Waals surface area contributed by atoms with Crippen molar-refractivity contribution in [2.24, 2.45) is 10.7 Å². The highest BCUT2D eigenvalue weighted by molar-refractivity contribution is 5.78. The highest BCUT2D eigenvalue weighted by Gasteiger charge is 1.84. The van der Waals surface area contributed by atoms with Crippen LogP contribution in [0.3, 0.4) is 0 Å². The van der Waals surface area contributed by atoms with Gasteiger partial charge in [-0.25, -0.2) is 0 Å². The second kappa shape index (κ2) is 4.79. The molecular weight excluding hydrogens is 124 g/mol. The zero-order valence-electron chi connectivity index (χ0n) is 6.59. The molecule has 0 unspecified atom stereocenters. The summed E-state index contributed by atoms with van der Waals surface area (Å²) < 4.78 is 0. The molecule has 0 amide bonds. The Morgan fingerprint density at radius 2 is 2.30 bits per heavy atom. The van der Waals surface area contributed by atoms with Crippen LogP contribution < -0.4 is 5.73 Å². The fraction of sp³-hybridized carbons (Fsp3) is 0.375. The van der Waals surface area contributed by atoms with Crippen molar-refractivity contribution in [3.05, 3.63) is 24.0 Å². The number of hydrogen-bond donors (Lipinski definition) is 1. The van der Waals surface area contributed by atoms with Crippen LogP contribution in [0.5, 0.6) is 0 Å². The van der Waals surface area contributed by atoms with Gasteiger partial charge < -0.3 is 5.73 Å². The number of nitrogens with two attached hydrogens (primary N) is 1. The standard InChI is InChI=1S/C8H14N2/c1-4-8(5-9)6-10-7(2)3/h5-6H,2,4,9H2,1,3H3/b8-5-,10-6?. The Morgan fingerprint density at radius 1 is 1.70 bits per heavy atom. The molecule has 0 fully saturated rings. The maximum Gasteiger partial charge on any atom is 0.0317 e. The van der Waals surface area contributed by atoms with Crippen LogP contribution in [0.25, 0.3) is 0 Å². The average molecular weight is 138 g/mol. The molecule has 0 heterocycles. The lowest BCUT2D eigenvalue weighted by Crippen LogP contribution is -1.88. The molecule has 56 valence electrons. The van der Waals surface area contributed by atoms with E-state index in [-0.39, 0.29) is 0 Å². The van der Waals surface area contributed by atoms with Crippen LogP contribution in [0.2, 0.25) is 0 Å². The van der Waals surface area contributed by atoms with Crippen molar-refractivity contribution >= 4 is 6.21 Å². The van der Waals surface area contributed by atoms with Gasteiger partial charge >= 0.3 is 0 Å². The molecule has 2 N–H and O–H groups in total. The summed E-state index contributed by atoms with van der Waals surface area (Å²) in [4.78, 5) is 4.00. The zero-order chi connectivity index (χ0) is 7.98. The third-order valence-corrected chi connectivity index (χ3v) is 1.07. The van der Waals surface area contributed by atoms with Gasteiger partial charge in [0, 0.05) is 11.9 Å². The summed E-state index contributed by atoms with van der Waals surface area (Å²) in [7, 11) is 0. The number of hydrogen-bond acceptors (Lipinski definition) is 2. The number of allylic oxidation sites excluding steroid dienone is 2. The molecule has 0 aliphatic heterocycles. The summed E-state index contributed by atoms with van der Waals surface area (Å²) in [6.45, 7) is 7.51. The Balaban J connectivity index is 3.98. The number of aliphatic imine (C=N–C) groups is 1. The molecule has 0 bridgehead atoms. The average Bonchev–Trinajstić information content (AvgIpc) is 1.90. The van der Waals surface area contributed by atoms with Gasteiger partial charge in [0.25, 0.3) is 0 Å². The summed E-state index contributed by atoms with van der Waals surface area (Å²) in [6, 6.07) is 0. The molecule has 2 nitrogen and oxygen atoms in total. The summed E-state index contributed by atoms with van der Waals surface area (Å²) >= 11 is 0. The van der Waals surface area contributed by atoms with Gasteiger partial charge in [-0.05, 0) is 25.1 Å². The predicted octanol–water partition coefficient (Wildman–Crippen LogP) is 1.84. The third-order valence-electron chi connectivity index (χ3n) is 1.07. The summed E-state index contributed by atoms with van der Waals surface area (Å²) in [6.07, 6.45) is 4.21. The van der Waals surface area contributed by atoms with E-state index in [0.717, 1.165) is 17.7 Å². The number of rotatable bonds is 3. The second-order valence-corrected chi connectivity index (χ2v) is 2.09. The molecule has 0 aromatic carbocycles. The first-order valence-electron chi connectivity index (χ1n) is 3.31. The molecule has 0 atom stereocenters. The first kappa shape index (κ1) is 8.95. The fourth-order valence-electron chi connectivity index (χ4n) is 0.445. The van der Waals surface area contributed by atoms with E-state index < -0.39 is 0 Å². The van der Waals surface area contributed by atoms with Gasteiger partial charge in [0.1, 0.15) is 0 Å². The minimum atomic E-state index is 0.799. The van der Waals surface area contributed by atoms with Crippen LogP contribution in [0, 0.1) is 0 Å². The highest BCUT2D eigenvalue weighted by Crippen LogP contribution is 1.95. The molecule has 0 aliphatic rings. The van der Waals surface area contributed by atoms with Crippen molar-refractivity contribution in [2.75, 3.05) is 0 Å². The van der Waals surface area contributed by atoms with Crippen LogP contribution >= 0.6 is 0 Å². The van der Waals surface area contributed by atoms with Gasteiger partial charge in [-0.2, -0.15) is 0 Å². The largest absolute Gasteiger partial charge is 0.404 e. The molecule has 0 saturated heterocycles. The van der Waals surface area contributed by atoms with Crippen molar-refractivity contribution in [1.82, 2.24) is 0 Å². The lowest BCUT2D eigenvalue weighted by atomic mass is 10.2. The Hall–Kier alpha value is -1.05. The van der Waals surface area contributed by atoms with Crippen molar-refractivity contribution in [1.29, 1.82) is 0 Å². The van der Waals surface area contributed by atoms with Gasteiger partial charge in [0.05, 0.1) is 0 Å². The van der Waals surface area contributed by atoms with Gasteiger partial charge in [0.2, 0.25) is 0 Å². The highest BCUT2D eigenvalue weighted by atomic mass is 14.7. The maximum absolute atomic E-state index is 5.29. The Labute approximate surface area is 62.1 Å². The minimum absolute atomic E-state index is 0.799. The van der Waals surface area contributed by atoms with Crippen LogP contribution in [0.1, 0.15) is 20.3 Å². The van der Waals surface area contributed by atoms with E-state index in [4.69, 9.17) is 5.73 Å². The summed E-state index contributed by atoms with van der Waals surface area (Å²) in [5.41, 5.74) is 7.12. The first-order chi connectivity index (χ1) is 4.70. The van der Waals surface area contributed by atoms with Crippen LogP contribution in [0.15, 0.2) is 29.0 Å². The Kier molecular flexibility index (Phi) is 4.29. The molecule has 0 rings (SSSR count). The Morgan fingerprint density at radius 3 is 2.60 bits per heavy atom. The summed E-state index contributed by atoms with van der Waals surface area (Å²) in [5.74, 6) is 0. The number of nitrogens with zero attached hydrogens (tertiary/aromatic N) is 1. The monoisotopic (exact) mass is 138 g/mol. The van der Waals surface area contributed by atoms with Gasteiger partial charge in [-0.3, -0.25) is 4.99 Å². The van der Waals surface area contributed by atoms with E-state index >= 15 is 0 Å². The summed E-state index contributed by atoms with van der Waals surface area (Å²) in [5, 5.41) is 0. The van der Waals surface area contributed by atoms with Gasteiger partial charge in [0.15, 0.2) is 0 Å². The fourth-order valence-corrected chi connectivity index (χ4v) is 0.445. The smallest absolute Gasteiger partial charge is 0.0317 e. The van der Waals surface area contributed by atoms with Crippen LogP contribution in [-0.4, -0.2) is 6.21 Å². The minimum Gasteiger partial charge on any atom is -0.404 e. The normalized spacial score (nSPS) is 12.4. The lowest BCUT2D eigenvalue weighted by Gasteiger charge is -1.92. The molecule has 0 aliphatic carbocycles. The maximum atomic E-state index is 5.29. The molecule has 10 heavy (non-hydrogen) atoms. The van der Waals surface area contributed by atoms with Crippen LogP contribution in [-0.2, 0) is 0 Å². The van der Waals surface area contributed by atoms with Crippen molar-refractivity contribution in [3.63, 3.8) is 0 Å². The quantitative estimate of drug-likeness (QED) is 0.594. The molecular formula is C8H14N2. The van der Waals surface area contributed by atoms with E-state index in [1.165, 1.54) is 0 Å². The predicted molar refractivity (Wildman–Crippen MR) is 45.9 cm³/mol. The molecule has 0 radical (unpaired) electrons. The van der Waals surface area contributed by atoms with E-state index in [0.29, 0.717) is 0 Å². The lowest BCUT2D eigenvalue weighted by molar-refractivity contribution is 1.16. The van der Waals surface area contributed by atoms with Crippen molar-refractivity contribution in [3.8, 4) is 0 Å². The van der Waals surface area contributed by atoms with E-state index in [1.807, 2.05) is 13.8 Å². The zero-order valence-corrected chi connectivity index (χ0v) is 6.59. The molecule has 0 saturated carbocycles. The molecule has 0 aromatic heterocycles. The van der Waals surface area contributed by atoms with E-state index in [9.17, 15) is 0 Å². The topological polar surface area (TPSA) is 38.4 Å². The van der Waals surface area contributed by atoms with E-state index in [2.05, 4.69) is 11.6 Å². The third kappa shape index (κ3) is 3.89. The molecule has 0 aromatic rings. The molecule has 0 spiro atoms.